The molecule has 1 heterocycles. The lowest BCUT2D eigenvalue weighted by Gasteiger charge is -2.12. The van der Waals surface area contributed by atoms with Gasteiger partial charge in [-0.3, -0.25) is 4.57 Å². The minimum absolute atomic E-state index is 0.0826. The standard InChI is InChI=1S/C12H15BrN4OS/c1-3-17-11(18)15-16-12(17)19-10-5-4-8(13)6-9(10)7(2)14/h4-7H,3,14H2,1-2H3,(H,15,18). The molecule has 1 aromatic carbocycles. The van der Waals surface area contributed by atoms with Crippen LogP contribution in [0.25, 0.3) is 0 Å². The Balaban J connectivity index is 2.40. The minimum atomic E-state index is -0.190. The van der Waals surface area contributed by atoms with Crippen LogP contribution >= 0.6 is 27.7 Å². The monoisotopic (exact) mass is 342 g/mol. The molecule has 1 aromatic heterocycles. The van der Waals surface area contributed by atoms with E-state index in [1.807, 2.05) is 32.0 Å². The maximum absolute atomic E-state index is 11.5. The lowest BCUT2D eigenvalue weighted by Crippen LogP contribution is -2.16. The van der Waals surface area contributed by atoms with Crippen LogP contribution in [-0.4, -0.2) is 14.8 Å². The molecule has 1 atom stereocenters. The molecule has 0 aliphatic heterocycles. The van der Waals surface area contributed by atoms with Crippen LogP contribution in [0.2, 0.25) is 0 Å². The van der Waals surface area contributed by atoms with E-state index < -0.39 is 0 Å². The summed E-state index contributed by atoms with van der Waals surface area (Å²) in [6.07, 6.45) is 0. The second-order valence-electron chi connectivity index (χ2n) is 4.13. The molecule has 0 saturated carbocycles. The Kier molecular flexibility index (Phi) is 4.49. The van der Waals surface area contributed by atoms with Crippen molar-refractivity contribution in [2.75, 3.05) is 0 Å². The molecule has 0 fully saturated rings. The van der Waals surface area contributed by atoms with Crippen LogP contribution in [0.3, 0.4) is 0 Å². The number of rotatable bonds is 4. The topological polar surface area (TPSA) is 76.7 Å². The molecule has 2 aromatic rings. The fourth-order valence-corrected chi connectivity index (χ4v) is 3.21. The Hall–Kier alpha value is -1.05. The zero-order chi connectivity index (χ0) is 14.0. The van der Waals surface area contributed by atoms with Crippen molar-refractivity contribution in [2.45, 2.75) is 36.5 Å². The molecular weight excluding hydrogens is 328 g/mol. The first-order valence-corrected chi connectivity index (χ1v) is 7.52. The van der Waals surface area contributed by atoms with Crippen LogP contribution in [0.15, 0.2) is 37.5 Å². The van der Waals surface area contributed by atoms with E-state index in [1.54, 1.807) is 4.57 Å². The highest BCUT2D eigenvalue weighted by Crippen LogP contribution is 2.32. The van der Waals surface area contributed by atoms with Crippen molar-refractivity contribution in [1.82, 2.24) is 14.8 Å². The predicted octanol–water partition coefficient (Wildman–Crippen LogP) is 2.52. The van der Waals surface area contributed by atoms with Gasteiger partial charge in [-0.05, 0) is 49.4 Å². The third-order valence-electron chi connectivity index (χ3n) is 2.70. The number of hydrogen-bond acceptors (Lipinski definition) is 4. The Morgan fingerprint density at radius 3 is 2.95 bits per heavy atom. The highest BCUT2D eigenvalue weighted by molar-refractivity contribution is 9.10. The Morgan fingerprint density at radius 1 is 1.58 bits per heavy atom. The zero-order valence-corrected chi connectivity index (χ0v) is 13.1. The smallest absolute Gasteiger partial charge is 0.324 e. The highest BCUT2D eigenvalue weighted by atomic mass is 79.9. The van der Waals surface area contributed by atoms with Gasteiger partial charge in [0.05, 0.1) is 0 Å². The van der Waals surface area contributed by atoms with Crippen molar-refractivity contribution >= 4 is 27.7 Å². The lowest BCUT2D eigenvalue weighted by atomic mass is 10.1. The van der Waals surface area contributed by atoms with Crippen molar-refractivity contribution in [1.29, 1.82) is 0 Å². The summed E-state index contributed by atoms with van der Waals surface area (Å²) in [4.78, 5) is 12.5. The van der Waals surface area contributed by atoms with E-state index in [0.717, 1.165) is 14.9 Å². The first-order chi connectivity index (χ1) is 9.02. The van der Waals surface area contributed by atoms with Crippen molar-refractivity contribution in [3.05, 3.63) is 38.7 Å². The Morgan fingerprint density at radius 2 is 2.32 bits per heavy atom. The molecule has 3 N–H and O–H groups in total. The first-order valence-electron chi connectivity index (χ1n) is 5.91. The maximum Gasteiger partial charge on any atom is 0.343 e. The van der Waals surface area contributed by atoms with Crippen LogP contribution < -0.4 is 11.4 Å². The molecule has 1 unspecified atom stereocenters. The van der Waals surface area contributed by atoms with E-state index in [2.05, 4.69) is 26.1 Å². The third-order valence-corrected chi connectivity index (χ3v) is 4.28. The van der Waals surface area contributed by atoms with Gasteiger partial charge in [0, 0.05) is 22.0 Å². The summed E-state index contributed by atoms with van der Waals surface area (Å²) in [7, 11) is 0. The number of H-pyrrole nitrogens is 1. The molecule has 0 radical (unpaired) electrons. The molecule has 2 rings (SSSR count). The van der Waals surface area contributed by atoms with Crippen LogP contribution in [0.4, 0.5) is 0 Å². The summed E-state index contributed by atoms with van der Waals surface area (Å²) in [5.41, 5.74) is 6.82. The molecule has 7 heteroatoms. The van der Waals surface area contributed by atoms with Crippen molar-refractivity contribution in [2.24, 2.45) is 5.73 Å². The Labute approximate surface area is 123 Å². The molecule has 102 valence electrons. The number of halogens is 1. The van der Waals surface area contributed by atoms with Gasteiger partial charge in [-0.25, -0.2) is 9.89 Å². The van der Waals surface area contributed by atoms with Crippen LogP contribution in [0.1, 0.15) is 25.5 Å². The number of nitrogens with one attached hydrogen (secondary N) is 1. The molecule has 19 heavy (non-hydrogen) atoms. The number of aromatic amines is 1. The average Bonchev–Trinajstić information content (AvgIpc) is 2.71. The molecule has 0 aliphatic carbocycles. The normalized spacial score (nSPS) is 12.6. The fourth-order valence-electron chi connectivity index (χ4n) is 1.73. The predicted molar refractivity (Wildman–Crippen MR) is 79.4 cm³/mol. The van der Waals surface area contributed by atoms with E-state index in [1.165, 1.54) is 11.8 Å². The average molecular weight is 343 g/mol. The third kappa shape index (κ3) is 3.10. The number of benzene rings is 1. The summed E-state index contributed by atoms with van der Waals surface area (Å²) >= 11 is 4.88. The lowest BCUT2D eigenvalue weighted by molar-refractivity contribution is 0.660. The van der Waals surface area contributed by atoms with Gasteiger partial charge < -0.3 is 5.73 Å². The molecule has 0 aliphatic rings. The molecule has 0 spiro atoms. The zero-order valence-electron chi connectivity index (χ0n) is 10.7. The minimum Gasteiger partial charge on any atom is -0.324 e. The van der Waals surface area contributed by atoms with Crippen molar-refractivity contribution < 1.29 is 0 Å². The fraction of sp³-hybridized carbons (Fsp3) is 0.333. The molecule has 5 nitrogen and oxygen atoms in total. The molecular formula is C12H15BrN4OS. The van der Waals surface area contributed by atoms with Gasteiger partial charge in [0.25, 0.3) is 0 Å². The second kappa shape index (κ2) is 5.94. The summed E-state index contributed by atoms with van der Waals surface area (Å²) in [6.45, 7) is 4.43. The highest BCUT2D eigenvalue weighted by Gasteiger charge is 2.13. The van der Waals surface area contributed by atoms with Gasteiger partial charge in [-0.15, -0.1) is 5.10 Å². The van der Waals surface area contributed by atoms with Gasteiger partial charge in [0.1, 0.15) is 0 Å². The maximum atomic E-state index is 11.5. The number of hydrogen-bond donors (Lipinski definition) is 2. The van der Waals surface area contributed by atoms with E-state index in [9.17, 15) is 4.79 Å². The molecule has 0 amide bonds. The number of nitrogens with zero attached hydrogens (tertiary/aromatic N) is 2. The molecule has 0 saturated heterocycles. The van der Waals surface area contributed by atoms with Crippen molar-refractivity contribution in [3.63, 3.8) is 0 Å². The summed E-state index contributed by atoms with van der Waals surface area (Å²) in [6, 6.07) is 5.84. The summed E-state index contributed by atoms with van der Waals surface area (Å²) < 4.78 is 2.58. The van der Waals surface area contributed by atoms with Gasteiger partial charge in [0.2, 0.25) is 0 Å². The SMILES string of the molecule is CCn1c(Sc2ccc(Br)cc2C(C)N)n[nH]c1=O. The largest absolute Gasteiger partial charge is 0.343 e. The number of nitrogens with two attached hydrogens (primary N) is 1. The van der Waals surface area contributed by atoms with E-state index in [4.69, 9.17) is 5.73 Å². The molecule has 0 bridgehead atoms. The first kappa shape index (κ1) is 14.4. The quantitative estimate of drug-likeness (QED) is 0.894. The summed E-state index contributed by atoms with van der Waals surface area (Å²) in [5, 5.41) is 7.15. The van der Waals surface area contributed by atoms with Gasteiger partial charge in [-0.1, -0.05) is 15.9 Å². The van der Waals surface area contributed by atoms with Crippen molar-refractivity contribution in [3.8, 4) is 0 Å². The van der Waals surface area contributed by atoms with Gasteiger partial charge in [0.15, 0.2) is 5.16 Å². The summed E-state index contributed by atoms with van der Waals surface area (Å²) in [5.74, 6) is 0. The van der Waals surface area contributed by atoms with Gasteiger partial charge >= 0.3 is 5.69 Å². The van der Waals surface area contributed by atoms with E-state index >= 15 is 0 Å². The van der Waals surface area contributed by atoms with Crippen LogP contribution in [0, 0.1) is 0 Å². The van der Waals surface area contributed by atoms with Crippen LogP contribution in [0.5, 0.6) is 0 Å². The van der Waals surface area contributed by atoms with E-state index in [-0.39, 0.29) is 11.7 Å². The van der Waals surface area contributed by atoms with Gasteiger partial charge in [-0.2, -0.15) is 0 Å². The second-order valence-corrected chi connectivity index (χ2v) is 6.05. The Bertz CT molecular complexity index is 635. The van der Waals surface area contributed by atoms with E-state index in [0.29, 0.717) is 11.7 Å². The van der Waals surface area contributed by atoms with Crippen LogP contribution in [-0.2, 0) is 6.54 Å². The number of aromatic nitrogens is 3.